The van der Waals surface area contributed by atoms with E-state index in [9.17, 15) is 4.79 Å². The van der Waals surface area contributed by atoms with Crippen molar-refractivity contribution in [1.82, 2.24) is 15.0 Å². The van der Waals surface area contributed by atoms with Gasteiger partial charge >= 0.3 is 0 Å². The Kier molecular flexibility index (Phi) is 5.64. The molecule has 1 amide bonds. The Balaban J connectivity index is 1.36. The van der Waals surface area contributed by atoms with Crippen LogP contribution < -0.4 is 5.32 Å². The van der Waals surface area contributed by atoms with Gasteiger partial charge in [0.2, 0.25) is 5.91 Å². The minimum absolute atomic E-state index is 0.0395. The summed E-state index contributed by atoms with van der Waals surface area (Å²) in [5, 5.41) is 6.55. The van der Waals surface area contributed by atoms with Crippen LogP contribution in [0.2, 0.25) is 0 Å². The smallest absolute Gasteiger partial charge is 0.239 e. The third kappa shape index (κ3) is 5.02. The molecule has 3 rings (SSSR count). The summed E-state index contributed by atoms with van der Waals surface area (Å²) in [6.07, 6.45) is 4.06. The van der Waals surface area contributed by atoms with Gasteiger partial charge < -0.3 is 14.6 Å². The summed E-state index contributed by atoms with van der Waals surface area (Å²) >= 11 is 0. The molecule has 3 heterocycles. The summed E-state index contributed by atoms with van der Waals surface area (Å²) in [5.74, 6) is 1.14. The van der Waals surface area contributed by atoms with E-state index in [4.69, 9.17) is 9.26 Å². The largest absolute Gasteiger partial charge is 0.377 e. The molecule has 0 bridgehead atoms. The van der Waals surface area contributed by atoms with Gasteiger partial charge in [-0.1, -0.05) is 5.16 Å². The zero-order chi connectivity index (χ0) is 16.1. The first kappa shape index (κ1) is 16.4. The molecule has 7 nitrogen and oxygen atoms in total. The van der Waals surface area contributed by atoms with Crippen LogP contribution in [0.15, 0.2) is 10.6 Å². The van der Waals surface area contributed by atoms with Crippen LogP contribution in [-0.4, -0.2) is 72.8 Å². The summed E-state index contributed by atoms with van der Waals surface area (Å²) in [4.78, 5) is 16.7. The number of hydrogen-bond donors (Lipinski definition) is 1. The Morgan fingerprint density at radius 2 is 2.09 bits per heavy atom. The van der Waals surface area contributed by atoms with Crippen LogP contribution in [0.4, 0.5) is 5.82 Å². The first-order valence-corrected chi connectivity index (χ1v) is 8.48. The maximum absolute atomic E-state index is 12.0. The van der Waals surface area contributed by atoms with Crippen molar-refractivity contribution in [2.24, 2.45) is 0 Å². The van der Waals surface area contributed by atoms with E-state index in [0.717, 1.165) is 39.3 Å². The Morgan fingerprint density at radius 3 is 2.74 bits per heavy atom. The van der Waals surface area contributed by atoms with Crippen LogP contribution in [0.25, 0.3) is 0 Å². The molecular formula is C16H26N4O3. The molecule has 0 spiro atoms. The molecule has 2 saturated heterocycles. The maximum atomic E-state index is 12.0. The fraction of sp³-hybridized carbons (Fsp3) is 0.750. The highest BCUT2D eigenvalue weighted by Gasteiger charge is 2.23. The SMILES string of the molecule is Cc1cc(NC(=O)CN2CCN(CC3CCCCO3)CC2)no1. The molecule has 0 radical (unpaired) electrons. The van der Waals surface area contributed by atoms with Gasteiger partial charge in [0, 0.05) is 45.4 Å². The molecule has 7 heteroatoms. The Morgan fingerprint density at radius 1 is 1.30 bits per heavy atom. The van der Waals surface area contributed by atoms with E-state index in [-0.39, 0.29) is 5.91 Å². The molecule has 128 valence electrons. The predicted octanol–water partition coefficient (Wildman–Crippen LogP) is 1.11. The number of anilines is 1. The Labute approximate surface area is 136 Å². The fourth-order valence-corrected chi connectivity index (χ4v) is 3.18. The van der Waals surface area contributed by atoms with Crippen LogP contribution in [0.1, 0.15) is 25.0 Å². The highest BCUT2D eigenvalue weighted by Crippen LogP contribution is 2.15. The van der Waals surface area contributed by atoms with Crippen LogP contribution in [0.3, 0.4) is 0 Å². The van der Waals surface area contributed by atoms with Gasteiger partial charge in [0.15, 0.2) is 5.82 Å². The average molecular weight is 322 g/mol. The number of amides is 1. The quantitative estimate of drug-likeness (QED) is 0.876. The van der Waals surface area contributed by atoms with Gasteiger partial charge in [-0.05, 0) is 26.2 Å². The van der Waals surface area contributed by atoms with Crippen LogP contribution >= 0.6 is 0 Å². The van der Waals surface area contributed by atoms with Crippen molar-refractivity contribution >= 4 is 11.7 Å². The van der Waals surface area contributed by atoms with Crippen molar-refractivity contribution in [2.45, 2.75) is 32.3 Å². The molecule has 1 aromatic heterocycles. The lowest BCUT2D eigenvalue weighted by Gasteiger charge is -2.36. The topological polar surface area (TPSA) is 70.8 Å². The molecule has 2 aliphatic rings. The highest BCUT2D eigenvalue weighted by molar-refractivity contribution is 5.91. The predicted molar refractivity (Wildman–Crippen MR) is 86.3 cm³/mol. The van der Waals surface area contributed by atoms with Gasteiger partial charge in [-0.25, -0.2) is 0 Å². The number of ether oxygens (including phenoxy) is 1. The number of aryl methyl sites for hydroxylation is 1. The third-order valence-corrected chi connectivity index (χ3v) is 4.46. The van der Waals surface area contributed by atoms with Crippen molar-refractivity contribution in [3.63, 3.8) is 0 Å². The molecule has 0 saturated carbocycles. The normalized spacial score (nSPS) is 23.8. The maximum Gasteiger partial charge on any atom is 0.239 e. The van der Waals surface area contributed by atoms with E-state index in [0.29, 0.717) is 24.2 Å². The van der Waals surface area contributed by atoms with Crippen LogP contribution in [0, 0.1) is 6.92 Å². The van der Waals surface area contributed by atoms with Crippen molar-refractivity contribution in [2.75, 3.05) is 51.2 Å². The van der Waals surface area contributed by atoms with Crippen LogP contribution in [-0.2, 0) is 9.53 Å². The van der Waals surface area contributed by atoms with Crippen molar-refractivity contribution < 1.29 is 14.1 Å². The minimum atomic E-state index is -0.0395. The second kappa shape index (κ2) is 7.90. The van der Waals surface area contributed by atoms with Gasteiger partial charge in [0.25, 0.3) is 0 Å². The second-order valence-corrected chi connectivity index (χ2v) is 6.44. The first-order chi connectivity index (χ1) is 11.2. The standard InChI is InChI=1S/C16H26N4O3/c1-13-10-15(18-23-13)17-16(21)12-20-7-5-19(6-8-20)11-14-4-2-3-9-22-14/h10,14H,2-9,11-12H2,1H3,(H,17,18,21). The molecule has 1 aromatic rings. The molecule has 1 atom stereocenters. The van der Waals surface area contributed by atoms with E-state index in [1.165, 1.54) is 19.3 Å². The molecule has 23 heavy (non-hydrogen) atoms. The number of piperazine rings is 1. The summed E-state index contributed by atoms with van der Waals surface area (Å²) in [6, 6.07) is 1.72. The summed E-state index contributed by atoms with van der Waals surface area (Å²) < 4.78 is 10.7. The number of nitrogens with one attached hydrogen (secondary N) is 1. The lowest BCUT2D eigenvalue weighted by Crippen LogP contribution is -2.50. The number of rotatable bonds is 5. The summed E-state index contributed by atoms with van der Waals surface area (Å²) in [5.41, 5.74) is 0. The number of aromatic nitrogens is 1. The molecule has 2 fully saturated rings. The molecule has 1 unspecified atom stereocenters. The van der Waals surface area contributed by atoms with Crippen molar-refractivity contribution in [1.29, 1.82) is 0 Å². The number of nitrogens with zero attached hydrogens (tertiary/aromatic N) is 3. The lowest BCUT2D eigenvalue weighted by molar-refractivity contribution is -0.117. The molecule has 1 N–H and O–H groups in total. The van der Waals surface area contributed by atoms with E-state index >= 15 is 0 Å². The number of carbonyl (C=O) groups is 1. The molecular weight excluding hydrogens is 296 g/mol. The van der Waals surface area contributed by atoms with Gasteiger partial charge in [0.05, 0.1) is 12.6 Å². The van der Waals surface area contributed by atoms with Crippen molar-refractivity contribution in [3.05, 3.63) is 11.8 Å². The Hall–Kier alpha value is -1.44. The van der Waals surface area contributed by atoms with Crippen molar-refractivity contribution in [3.8, 4) is 0 Å². The van der Waals surface area contributed by atoms with Gasteiger partial charge in [-0.2, -0.15) is 0 Å². The van der Waals surface area contributed by atoms with E-state index < -0.39 is 0 Å². The summed E-state index contributed by atoms with van der Waals surface area (Å²) in [6.45, 7) is 7.96. The zero-order valence-electron chi connectivity index (χ0n) is 13.8. The lowest BCUT2D eigenvalue weighted by atomic mass is 10.1. The monoisotopic (exact) mass is 322 g/mol. The van der Waals surface area contributed by atoms with Gasteiger partial charge in [-0.3, -0.25) is 14.6 Å². The van der Waals surface area contributed by atoms with E-state index in [1.54, 1.807) is 13.0 Å². The highest BCUT2D eigenvalue weighted by atomic mass is 16.5. The summed E-state index contributed by atoms with van der Waals surface area (Å²) in [7, 11) is 0. The average Bonchev–Trinajstić information content (AvgIpc) is 2.95. The third-order valence-electron chi connectivity index (χ3n) is 4.46. The fourth-order valence-electron chi connectivity index (χ4n) is 3.18. The van der Waals surface area contributed by atoms with E-state index in [1.807, 2.05) is 0 Å². The Bertz CT molecular complexity index is 505. The number of carbonyl (C=O) groups excluding carboxylic acids is 1. The molecule has 0 aliphatic carbocycles. The molecule has 0 aromatic carbocycles. The minimum Gasteiger partial charge on any atom is -0.377 e. The number of hydrogen-bond acceptors (Lipinski definition) is 6. The second-order valence-electron chi connectivity index (χ2n) is 6.44. The van der Waals surface area contributed by atoms with Gasteiger partial charge in [0.1, 0.15) is 5.76 Å². The first-order valence-electron chi connectivity index (χ1n) is 8.48. The molecule has 2 aliphatic heterocycles. The van der Waals surface area contributed by atoms with Gasteiger partial charge in [-0.15, -0.1) is 0 Å². The van der Waals surface area contributed by atoms with E-state index in [2.05, 4.69) is 20.3 Å². The zero-order valence-corrected chi connectivity index (χ0v) is 13.8. The van der Waals surface area contributed by atoms with Crippen LogP contribution in [0.5, 0.6) is 0 Å².